The first-order valence-corrected chi connectivity index (χ1v) is 2.64. The number of rotatable bonds is 2. The van der Waals surface area contributed by atoms with E-state index in [9.17, 15) is 0 Å². The highest BCUT2D eigenvalue weighted by molar-refractivity contribution is 4.89. The molecular formula is C5H11ClN2. The Morgan fingerprint density at radius 1 is 1.62 bits per heavy atom. The summed E-state index contributed by atoms with van der Waals surface area (Å²) in [5.74, 6) is 0. The molecule has 2 N–H and O–H groups in total. The summed E-state index contributed by atoms with van der Waals surface area (Å²) in [6.45, 7) is 3.07. The molecule has 0 saturated heterocycles. The Hall–Kier alpha value is -0.110. The maximum absolute atomic E-state index is 4.98. The predicted octanol–water partition coefficient (Wildman–Crippen LogP) is -3.00. The van der Waals surface area contributed by atoms with Crippen molar-refractivity contribution in [3.8, 4) is 0 Å². The average Bonchev–Trinajstić information content (AvgIpc) is 2.22. The van der Waals surface area contributed by atoms with Crippen LogP contribution in [-0.2, 0) is 0 Å². The minimum atomic E-state index is 0. The quantitative estimate of drug-likeness (QED) is 0.391. The molecule has 3 heteroatoms. The van der Waals surface area contributed by atoms with E-state index in [0.29, 0.717) is 5.41 Å². The van der Waals surface area contributed by atoms with Crippen molar-refractivity contribution in [2.24, 2.45) is 10.5 Å². The van der Waals surface area contributed by atoms with Gasteiger partial charge in [-0.1, -0.05) is 6.92 Å². The summed E-state index contributed by atoms with van der Waals surface area (Å²) in [4.78, 5) is 0. The number of halogens is 1. The van der Waals surface area contributed by atoms with Crippen molar-refractivity contribution in [2.75, 3.05) is 6.54 Å². The van der Waals surface area contributed by atoms with E-state index < -0.39 is 0 Å². The number of hydrogen-bond acceptors (Lipinski definition) is 1. The van der Waals surface area contributed by atoms with Crippen LogP contribution in [-0.4, -0.2) is 6.54 Å². The average molecular weight is 135 g/mol. The van der Waals surface area contributed by atoms with Gasteiger partial charge in [0.25, 0.3) is 0 Å². The Morgan fingerprint density at radius 2 is 2.12 bits per heavy atom. The molecule has 0 aromatic heterocycles. The topological polar surface area (TPSA) is 38.0 Å². The van der Waals surface area contributed by atoms with E-state index in [-0.39, 0.29) is 12.4 Å². The fourth-order valence-corrected chi connectivity index (χ4v) is 0.592. The van der Waals surface area contributed by atoms with E-state index in [4.69, 9.17) is 5.53 Å². The maximum Gasteiger partial charge on any atom is 0.107 e. The number of nitrogens with two attached hydrogens (primary N) is 1. The molecule has 0 spiro atoms. The van der Waals surface area contributed by atoms with Gasteiger partial charge in [-0.15, -0.1) is 0 Å². The molecule has 0 aliphatic heterocycles. The Kier molecular flexibility index (Phi) is 2.41. The van der Waals surface area contributed by atoms with Crippen molar-refractivity contribution < 1.29 is 17.9 Å². The summed E-state index contributed by atoms with van der Waals surface area (Å²) < 4.78 is 0. The monoisotopic (exact) mass is 134 g/mol. The Morgan fingerprint density at radius 3 is 2.25 bits per heavy atom. The van der Waals surface area contributed by atoms with Crippen molar-refractivity contribution in [1.82, 2.24) is 0 Å². The molecule has 0 bridgehead atoms. The van der Waals surface area contributed by atoms with Gasteiger partial charge in [0.05, 0.1) is 0 Å². The molecular weight excluding hydrogens is 124 g/mol. The zero-order chi connectivity index (χ0) is 5.33. The molecule has 2 nitrogen and oxygen atoms in total. The maximum atomic E-state index is 4.98. The fourth-order valence-electron chi connectivity index (χ4n) is 0.592. The van der Waals surface area contributed by atoms with Gasteiger partial charge in [-0.25, -0.2) is 0 Å². The number of nitrogens with zero attached hydrogens (tertiary/aromatic N) is 1. The molecule has 0 amide bonds. The molecule has 0 aromatic rings. The third-order valence-corrected chi connectivity index (χ3v) is 1.58. The van der Waals surface area contributed by atoms with E-state index in [1.807, 2.05) is 0 Å². The minimum Gasteiger partial charge on any atom is -1.00 e. The smallest absolute Gasteiger partial charge is 0.107 e. The molecule has 8 heavy (non-hydrogen) atoms. The molecule has 1 fully saturated rings. The summed E-state index contributed by atoms with van der Waals surface area (Å²) in [7, 11) is 0. The largest absolute Gasteiger partial charge is 1.00 e. The van der Waals surface area contributed by atoms with Crippen LogP contribution in [0.3, 0.4) is 0 Å². The molecule has 1 saturated carbocycles. The van der Waals surface area contributed by atoms with Gasteiger partial charge >= 0.3 is 0 Å². The van der Waals surface area contributed by atoms with Gasteiger partial charge in [0.15, 0.2) is 0 Å². The third kappa shape index (κ3) is 1.78. The van der Waals surface area contributed by atoms with Crippen LogP contribution in [0.5, 0.6) is 0 Å². The van der Waals surface area contributed by atoms with Crippen LogP contribution >= 0.6 is 0 Å². The lowest BCUT2D eigenvalue weighted by Gasteiger charge is -1.93. The molecule has 1 aliphatic rings. The van der Waals surface area contributed by atoms with Gasteiger partial charge in [0.1, 0.15) is 6.54 Å². The summed E-state index contributed by atoms with van der Waals surface area (Å²) in [6.07, 6.45) is 2.63. The second kappa shape index (κ2) is 2.44. The molecule has 1 rings (SSSR count). The van der Waals surface area contributed by atoms with E-state index in [1.165, 1.54) is 12.8 Å². The summed E-state index contributed by atoms with van der Waals surface area (Å²) in [5.41, 5.74) is 5.49. The van der Waals surface area contributed by atoms with Crippen LogP contribution in [0, 0.1) is 5.41 Å². The van der Waals surface area contributed by atoms with Crippen LogP contribution in [0.2, 0.25) is 0 Å². The first-order valence-electron chi connectivity index (χ1n) is 2.64. The normalized spacial score (nSPS) is 21.1. The van der Waals surface area contributed by atoms with Gasteiger partial charge in [-0.05, 0) is 23.4 Å². The van der Waals surface area contributed by atoms with Gasteiger partial charge in [-0.3, -0.25) is 0 Å². The van der Waals surface area contributed by atoms with Gasteiger partial charge < -0.3 is 12.4 Å². The first-order chi connectivity index (χ1) is 3.27. The second-order valence-corrected chi connectivity index (χ2v) is 2.65. The van der Waals surface area contributed by atoms with E-state index in [1.54, 1.807) is 0 Å². The van der Waals surface area contributed by atoms with Crippen molar-refractivity contribution in [3.63, 3.8) is 0 Å². The van der Waals surface area contributed by atoms with E-state index in [0.717, 1.165) is 6.54 Å². The SMILES string of the molecule is CC1(CN=[NH2+])CC1.[Cl-]. The molecule has 0 radical (unpaired) electrons. The highest BCUT2D eigenvalue weighted by atomic mass is 35.5. The minimum absolute atomic E-state index is 0. The lowest BCUT2D eigenvalue weighted by molar-refractivity contribution is -0.223. The molecule has 0 atom stereocenters. The number of hydrogen-bond donors (Lipinski definition) is 1. The molecule has 0 heterocycles. The predicted molar refractivity (Wildman–Crippen MR) is 26.6 cm³/mol. The van der Waals surface area contributed by atoms with Crippen molar-refractivity contribution >= 4 is 0 Å². The van der Waals surface area contributed by atoms with Crippen LogP contribution in [0.4, 0.5) is 0 Å². The second-order valence-electron chi connectivity index (χ2n) is 2.65. The summed E-state index contributed by atoms with van der Waals surface area (Å²) >= 11 is 0. The molecule has 0 unspecified atom stereocenters. The Bertz CT molecular complexity index is 88.4. The van der Waals surface area contributed by atoms with E-state index in [2.05, 4.69) is 12.0 Å². The molecule has 1 aliphatic carbocycles. The van der Waals surface area contributed by atoms with E-state index >= 15 is 0 Å². The standard InChI is InChI=1S/C5H10N2.ClH/c1-5(2-3-5)4-7-6;/h6H,2-4H2,1H3;1H. The zero-order valence-electron chi connectivity index (χ0n) is 5.02. The van der Waals surface area contributed by atoms with Crippen LogP contribution in [0.1, 0.15) is 19.8 Å². The van der Waals surface area contributed by atoms with Crippen LogP contribution < -0.4 is 17.9 Å². The zero-order valence-corrected chi connectivity index (χ0v) is 5.78. The highest BCUT2D eigenvalue weighted by Crippen LogP contribution is 2.44. The van der Waals surface area contributed by atoms with Crippen LogP contribution in [0.15, 0.2) is 5.11 Å². The summed E-state index contributed by atoms with van der Waals surface area (Å²) in [6, 6.07) is 0. The van der Waals surface area contributed by atoms with Crippen molar-refractivity contribution in [3.05, 3.63) is 0 Å². The van der Waals surface area contributed by atoms with Crippen molar-refractivity contribution in [1.29, 1.82) is 0 Å². The third-order valence-electron chi connectivity index (χ3n) is 1.58. The highest BCUT2D eigenvalue weighted by Gasteiger charge is 2.37. The van der Waals surface area contributed by atoms with Gasteiger partial charge in [0, 0.05) is 0 Å². The Balaban J connectivity index is 0.000000490. The molecule has 0 aromatic carbocycles. The Labute approximate surface area is 55.6 Å². The lowest BCUT2D eigenvalue weighted by Crippen LogP contribution is -3.00. The lowest BCUT2D eigenvalue weighted by atomic mass is 10.1. The van der Waals surface area contributed by atoms with Gasteiger partial charge in [-0.2, -0.15) is 5.53 Å². The summed E-state index contributed by atoms with van der Waals surface area (Å²) in [5, 5.41) is 3.57. The van der Waals surface area contributed by atoms with Gasteiger partial charge in [0.2, 0.25) is 0 Å². The fraction of sp³-hybridized carbons (Fsp3) is 1.00. The molecule has 48 valence electrons. The van der Waals surface area contributed by atoms with Crippen LogP contribution in [0.25, 0.3) is 0 Å². The van der Waals surface area contributed by atoms with Crippen molar-refractivity contribution in [2.45, 2.75) is 19.8 Å². The first kappa shape index (κ1) is 7.89.